The van der Waals surface area contributed by atoms with Crippen molar-refractivity contribution >= 4 is 27.5 Å². The number of carbonyl (C=O) groups excluding carboxylic acids is 1. The highest BCUT2D eigenvalue weighted by Crippen LogP contribution is 2.38. The van der Waals surface area contributed by atoms with Gasteiger partial charge in [-0.05, 0) is 58.9 Å². The Morgan fingerprint density at radius 3 is 2.70 bits per heavy atom. The van der Waals surface area contributed by atoms with Gasteiger partial charge >= 0.3 is 0 Å². The van der Waals surface area contributed by atoms with Crippen LogP contribution in [0.1, 0.15) is 38.5 Å². The second-order valence-electron chi connectivity index (χ2n) is 5.61. The fraction of sp³-hybridized carbons (Fsp3) is 0.533. The van der Waals surface area contributed by atoms with Crippen molar-refractivity contribution in [1.82, 2.24) is 0 Å². The molecule has 0 aromatic heterocycles. The molecule has 1 aliphatic rings. The molecule has 3 N–H and O–H groups in total. The van der Waals surface area contributed by atoms with Gasteiger partial charge in [0.2, 0.25) is 5.91 Å². The lowest BCUT2D eigenvalue weighted by molar-refractivity contribution is -0.118. The molecule has 1 aromatic carbocycles. The smallest absolute Gasteiger partial charge is 0.225 e. The summed E-state index contributed by atoms with van der Waals surface area (Å²) in [5.74, 6) is -0.460. The van der Waals surface area contributed by atoms with Crippen molar-refractivity contribution in [1.29, 1.82) is 0 Å². The number of hydrogen-bond acceptors (Lipinski definition) is 2. The van der Waals surface area contributed by atoms with E-state index in [-0.39, 0.29) is 17.1 Å². The van der Waals surface area contributed by atoms with E-state index in [4.69, 9.17) is 5.73 Å². The van der Waals surface area contributed by atoms with Crippen molar-refractivity contribution in [2.75, 3.05) is 11.9 Å². The third kappa shape index (κ3) is 3.79. The Hall–Kier alpha value is -0.940. The van der Waals surface area contributed by atoms with Crippen molar-refractivity contribution in [2.45, 2.75) is 38.5 Å². The number of nitrogens with one attached hydrogen (secondary N) is 1. The van der Waals surface area contributed by atoms with Gasteiger partial charge in [-0.2, -0.15) is 0 Å². The van der Waals surface area contributed by atoms with Gasteiger partial charge in [0.25, 0.3) is 0 Å². The minimum absolute atomic E-state index is 0.0812. The molecule has 110 valence electrons. The Kier molecular flexibility index (Phi) is 5.16. The first-order valence-electron chi connectivity index (χ1n) is 7.00. The van der Waals surface area contributed by atoms with Crippen LogP contribution in [0, 0.1) is 11.2 Å². The van der Waals surface area contributed by atoms with Crippen LogP contribution in [-0.2, 0) is 4.79 Å². The number of benzene rings is 1. The van der Waals surface area contributed by atoms with Gasteiger partial charge in [0.05, 0.1) is 5.69 Å². The largest absolute Gasteiger partial charge is 0.330 e. The molecule has 1 fully saturated rings. The SMILES string of the molecule is NCC1(CC(=O)Nc2cc(F)ccc2Br)CCCCC1. The minimum atomic E-state index is -0.366. The normalized spacial score (nSPS) is 17.8. The van der Waals surface area contributed by atoms with Gasteiger partial charge in [0.1, 0.15) is 5.82 Å². The predicted octanol–water partition coefficient (Wildman–Crippen LogP) is 3.83. The molecule has 1 aromatic rings. The summed E-state index contributed by atoms with van der Waals surface area (Å²) in [5, 5.41) is 2.78. The zero-order valence-electron chi connectivity index (χ0n) is 11.4. The lowest BCUT2D eigenvalue weighted by Crippen LogP contribution is -2.36. The van der Waals surface area contributed by atoms with Gasteiger partial charge in [0, 0.05) is 10.9 Å². The minimum Gasteiger partial charge on any atom is -0.330 e. The van der Waals surface area contributed by atoms with E-state index in [2.05, 4.69) is 21.2 Å². The number of carbonyl (C=O) groups is 1. The molecule has 2 rings (SSSR count). The molecule has 1 amide bonds. The van der Waals surface area contributed by atoms with E-state index in [0.717, 1.165) is 25.7 Å². The Bertz CT molecular complexity index is 487. The molecule has 0 heterocycles. The monoisotopic (exact) mass is 342 g/mol. The van der Waals surface area contributed by atoms with Gasteiger partial charge in [-0.15, -0.1) is 0 Å². The van der Waals surface area contributed by atoms with E-state index in [9.17, 15) is 9.18 Å². The van der Waals surface area contributed by atoms with Crippen molar-refractivity contribution in [3.05, 3.63) is 28.5 Å². The van der Waals surface area contributed by atoms with E-state index in [1.807, 2.05) is 0 Å². The Morgan fingerprint density at radius 1 is 1.35 bits per heavy atom. The van der Waals surface area contributed by atoms with E-state index >= 15 is 0 Å². The molecule has 1 aliphatic carbocycles. The highest BCUT2D eigenvalue weighted by molar-refractivity contribution is 9.10. The first-order chi connectivity index (χ1) is 9.54. The summed E-state index contributed by atoms with van der Waals surface area (Å²) < 4.78 is 13.9. The van der Waals surface area contributed by atoms with Gasteiger partial charge in [-0.1, -0.05) is 19.3 Å². The Morgan fingerprint density at radius 2 is 2.05 bits per heavy atom. The molecule has 0 atom stereocenters. The number of rotatable bonds is 4. The lowest BCUT2D eigenvalue weighted by Gasteiger charge is -2.35. The molecular weight excluding hydrogens is 323 g/mol. The van der Waals surface area contributed by atoms with Crippen molar-refractivity contribution in [3.63, 3.8) is 0 Å². The highest BCUT2D eigenvalue weighted by atomic mass is 79.9. The van der Waals surface area contributed by atoms with Crippen LogP contribution >= 0.6 is 15.9 Å². The summed E-state index contributed by atoms with van der Waals surface area (Å²) in [6.45, 7) is 0.532. The molecule has 0 bridgehead atoms. The zero-order valence-corrected chi connectivity index (χ0v) is 13.0. The first-order valence-corrected chi connectivity index (χ1v) is 7.79. The number of hydrogen-bond donors (Lipinski definition) is 2. The quantitative estimate of drug-likeness (QED) is 0.873. The van der Waals surface area contributed by atoms with Crippen LogP contribution in [0.3, 0.4) is 0 Å². The summed E-state index contributed by atoms with van der Waals surface area (Å²) in [4.78, 5) is 12.2. The van der Waals surface area contributed by atoms with Gasteiger partial charge in [-0.25, -0.2) is 4.39 Å². The summed E-state index contributed by atoms with van der Waals surface area (Å²) >= 11 is 3.31. The molecular formula is C15H20BrFN2O. The molecule has 1 saturated carbocycles. The molecule has 0 saturated heterocycles. The summed E-state index contributed by atoms with van der Waals surface area (Å²) in [6, 6.07) is 4.25. The number of anilines is 1. The van der Waals surface area contributed by atoms with Crippen LogP contribution in [0.4, 0.5) is 10.1 Å². The van der Waals surface area contributed by atoms with Gasteiger partial charge in [-0.3, -0.25) is 4.79 Å². The summed E-state index contributed by atoms with van der Waals surface area (Å²) in [5.41, 5.74) is 6.27. The summed E-state index contributed by atoms with van der Waals surface area (Å²) in [7, 11) is 0. The average molecular weight is 343 g/mol. The molecule has 5 heteroatoms. The second-order valence-corrected chi connectivity index (χ2v) is 6.47. The molecule has 0 unspecified atom stereocenters. The van der Waals surface area contributed by atoms with E-state index in [0.29, 0.717) is 23.1 Å². The number of amides is 1. The standard InChI is InChI=1S/C15H20BrFN2O/c16-12-5-4-11(17)8-13(12)19-14(20)9-15(10-18)6-2-1-3-7-15/h4-5,8H,1-3,6-7,9-10,18H2,(H,19,20). The molecule has 0 aliphatic heterocycles. The molecule has 20 heavy (non-hydrogen) atoms. The summed E-state index contributed by atoms with van der Waals surface area (Å²) in [6.07, 6.45) is 5.90. The van der Waals surface area contributed by atoms with Crippen molar-refractivity contribution < 1.29 is 9.18 Å². The average Bonchev–Trinajstić information content (AvgIpc) is 2.44. The lowest BCUT2D eigenvalue weighted by atomic mass is 9.71. The number of halogens is 2. The maximum absolute atomic E-state index is 13.2. The topological polar surface area (TPSA) is 55.1 Å². The van der Waals surface area contributed by atoms with Crippen molar-refractivity contribution in [2.24, 2.45) is 11.1 Å². The Balaban J connectivity index is 2.02. The van der Waals surface area contributed by atoms with E-state index in [1.54, 1.807) is 6.07 Å². The first kappa shape index (κ1) is 15.4. The third-order valence-corrected chi connectivity index (χ3v) is 4.78. The van der Waals surface area contributed by atoms with E-state index < -0.39 is 0 Å². The molecule has 0 radical (unpaired) electrons. The highest BCUT2D eigenvalue weighted by Gasteiger charge is 2.33. The zero-order chi connectivity index (χ0) is 14.6. The van der Waals surface area contributed by atoms with Crippen LogP contribution in [0.5, 0.6) is 0 Å². The van der Waals surface area contributed by atoms with Crippen LogP contribution in [0.2, 0.25) is 0 Å². The number of nitrogens with two attached hydrogens (primary N) is 1. The molecule has 0 spiro atoms. The van der Waals surface area contributed by atoms with Crippen LogP contribution in [0.25, 0.3) is 0 Å². The fourth-order valence-corrected chi connectivity index (χ4v) is 3.23. The third-order valence-electron chi connectivity index (χ3n) is 4.09. The second kappa shape index (κ2) is 6.68. The van der Waals surface area contributed by atoms with Crippen molar-refractivity contribution in [3.8, 4) is 0 Å². The molecule has 3 nitrogen and oxygen atoms in total. The maximum Gasteiger partial charge on any atom is 0.225 e. The fourth-order valence-electron chi connectivity index (χ4n) is 2.88. The predicted molar refractivity (Wildman–Crippen MR) is 81.9 cm³/mol. The van der Waals surface area contributed by atoms with E-state index in [1.165, 1.54) is 18.6 Å². The Labute approximate surface area is 127 Å². The van der Waals surface area contributed by atoms with Crippen LogP contribution in [0.15, 0.2) is 22.7 Å². The van der Waals surface area contributed by atoms with Crippen LogP contribution in [-0.4, -0.2) is 12.5 Å². The van der Waals surface area contributed by atoms with Crippen LogP contribution < -0.4 is 11.1 Å². The van der Waals surface area contributed by atoms with Gasteiger partial charge < -0.3 is 11.1 Å². The maximum atomic E-state index is 13.2. The van der Waals surface area contributed by atoms with Gasteiger partial charge in [0.15, 0.2) is 0 Å².